The van der Waals surface area contributed by atoms with Crippen molar-refractivity contribution in [3.63, 3.8) is 0 Å². The maximum atomic E-state index is 11.0. The van der Waals surface area contributed by atoms with Gasteiger partial charge in [-0.2, -0.15) is 0 Å². The Labute approximate surface area is 121 Å². The summed E-state index contributed by atoms with van der Waals surface area (Å²) in [7, 11) is 0. The zero-order valence-electron chi connectivity index (χ0n) is 11.4. The molecule has 3 rings (SSSR count). The van der Waals surface area contributed by atoms with Crippen LogP contribution in [0.25, 0.3) is 10.1 Å². The lowest BCUT2D eigenvalue weighted by atomic mass is 9.91. The summed E-state index contributed by atoms with van der Waals surface area (Å²) in [6.07, 6.45) is 1.66. The van der Waals surface area contributed by atoms with Crippen LogP contribution in [0, 0.1) is 6.92 Å². The lowest BCUT2D eigenvalue weighted by molar-refractivity contribution is 0.106. The fourth-order valence-electron chi connectivity index (χ4n) is 2.56. The monoisotopic (exact) mass is 284 g/mol. The minimum absolute atomic E-state index is 0.382. The fourth-order valence-corrected chi connectivity index (χ4v) is 3.67. The van der Waals surface area contributed by atoms with Crippen molar-refractivity contribution in [1.29, 1.82) is 0 Å². The van der Waals surface area contributed by atoms with Crippen LogP contribution < -0.4 is 5.73 Å². The number of pyridine rings is 1. The van der Waals surface area contributed by atoms with E-state index in [0.29, 0.717) is 11.4 Å². The van der Waals surface area contributed by atoms with Crippen molar-refractivity contribution in [3.8, 4) is 0 Å². The molecule has 0 spiro atoms. The van der Waals surface area contributed by atoms with Gasteiger partial charge in [-0.05, 0) is 43.0 Å². The van der Waals surface area contributed by atoms with Crippen molar-refractivity contribution in [2.75, 3.05) is 5.73 Å². The van der Waals surface area contributed by atoms with Gasteiger partial charge in [0.2, 0.25) is 0 Å². The third kappa shape index (κ3) is 1.97. The molecule has 102 valence electrons. The second-order valence-corrected chi connectivity index (χ2v) is 6.19. The average Bonchev–Trinajstić information content (AvgIpc) is 2.82. The molecule has 0 saturated carbocycles. The zero-order chi connectivity index (χ0) is 14.3. The molecule has 0 fully saturated rings. The number of nitrogens with two attached hydrogens (primary N) is 1. The molecule has 0 aliphatic heterocycles. The van der Waals surface area contributed by atoms with Crippen LogP contribution in [0.3, 0.4) is 0 Å². The average molecular weight is 284 g/mol. The summed E-state index contributed by atoms with van der Waals surface area (Å²) in [6, 6.07) is 12.0. The standard InChI is InChI=1S/C16H16N2OS/c1-10-7-8-18-15(17)14(10)16(2,19)13-9-11-5-3-4-6-12(11)20-13/h3-9,19H,1-2H3,(H2,17,18). The molecular weight excluding hydrogens is 268 g/mol. The van der Waals surface area contributed by atoms with Crippen LogP contribution in [-0.2, 0) is 5.60 Å². The molecule has 1 aromatic carbocycles. The summed E-state index contributed by atoms with van der Waals surface area (Å²) >= 11 is 1.58. The van der Waals surface area contributed by atoms with Crippen molar-refractivity contribution in [2.45, 2.75) is 19.4 Å². The topological polar surface area (TPSA) is 59.1 Å². The molecular formula is C16H16N2OS. The maximum Gasteiger partial charge on any atom is 0.130 e. The van der Waals surface area contributed by atoms with E-state index in [9.17, 15) is 5.11 Å². The predicted octanol–water partition coefficient (Wildman–Crippen LogP) is 3.44. The minimum Gasteiger partial charge on any atom is -0.383 e. The van der Waals surface area contributed by atoms with Gasteiger partial charge in [-0.3, -0.25) is 0 Å². The number of benzene rings is 1. The van der Waals surface area contributed by atoms with Gasteiger partial charge in [0.05, 0.1) is 0 Å². The van der Waals surface area contributed by atoms with Gasteiger partial charge < -0.3 is 10.8 Å². The molecule has 1 atom stereocenters. The smallest absolute Gasteiger partial charge is 0.130 e. The van der Waals surface area contributed by atoms with E-state index in [2.05, 4.69) is 11.1 Å². The quantitative estimate of drug-likeness (QED) is 0.758. The molecule has 0 aliphatic rings. The Morgan fingerprint density at radius 3 is 2.70 bits per heavy atom. The molecule has 2 heterocycles. The third-order valence-corrected chi connectivity index (χ3v) is 4.91. The van der Waals surface area contributed by atoms with Gasteiger partial charge in [0.15, 0.2) is 0 Å². The molecule has 3 aromatic rings. The Morgan fingerprint density at radius 2 is 2.00 bits per heavy atom. The van der Waals surface area contributed by atoms with E-state index in [1.807, 2.05) is 37.3 Å². The number of aromatic nitrogens is 1. The number of hydrogen-bond donors (Lipinski definition) is 2. The molecule has 4 heteroatoms. The van der Waals surface area contributed by atoms with E-state index in [1.54, 1.807) is 24.5 Å². The molecule has 20 heavy (non-hydrogen) atoms. The van der Waals surface area contributed by atoms with Crippen LogP contribution in [0.4, 0.5) is 5.82 Å². The van der Waals surface area contributed by atoms with Gasteiger partial charge in [-0.15, -0.1) is 11.3 Å². The highest BCUT2D eigenvalue weighted by molar-refractivity contribution is 7.19. The van der Waals surface area contributed by atoms with E-state index < -0.39 is 5.60 Å². The lowest BCUT2D eigenvalue weighted by Crippen LogP contribution is -2.24. The van der Waals surface area contributed by atoms with Crippen LogP contribution in [-0.4, -0.2) is 10.1 Å². The van der Waals surface area contributed by atoms with Gasteiger partial charge in [0.1, 0.15) is 11.4 Å². The summed E-state index contributed by atoms with van der Waals surface area (Å²) in [5, 5.41) is 12.1. The fraction of sp³-hybridized carbons (Fsp3) is 0.188. The first-order valence-corrected chi connectivity index (χ1v) is 7.25. The van der Waals surface area contributed by atoms with Gasteiger partial charge >= 0.3 is 0 Å². The molecule has 0 aliphatic carbocycles. The Hall–Kier alpha value is -1.91. The van der Waals surface area contributed by atoms with E-state index in [4.69, 9.17) is 5.73 Å². The van der Waals surface area contributed by atoms with Crippen LogP contribution in [0.5, 0.6) is 0 Å². The number of hydrogen-bond acceptors (Lipinski definition) is 4. The van der Waals surface area contributed by atoms with Gasteiger partial charge in [-0.1, -0.05) is 18.2 Å². The van der Waals surface area contributed by atoms with Crippen LogP contribution in [0.2, 0.25) is 0 Å². The normalized spacial score (nSPS) is 14.3. The van der Waals surface area contributed by atoms with Gasteiger partial charge in [-0.25, -0.2) is 4.98 Å². The molecule has 0 amide bonds. The molecule has 3 N–H and O–H groups in total. The van der Waals surface area contributed by atoms with E-state index in [1.165, 1.54) is 0 Å². The summed E-state index contributed by atoms with van der Waals surface area (Å²) in [5.74, 6) is 0.382. The van der Waals surface area contributed by atoms with Crippen molar-refractivity contribution in [1.82, 2.24) is 4.98 Å². The molecule has 0 bridgehead atoms. The number of thiophene rings is 1. The number of anilines is 1. The highest BCUT2D eigenvalue weighted by Gasteiger charge is 2.31. The first-order chi connectivity index (χ1) is 9.50. The van der Waals surface area contributed by atoms with Crippen LogP contribution in [0.15, 0.2) is 42.6 Å². The minimum atomic E-state index is -1.13. The molecule has 0 saturated heterocycles. The number of fused-ring (bicyclic) bond motifs is 1. The molecule has 3 nitrogen and oxygen atoms in total. The van der Waals surface area contributed by atoms with Crippen LogP contribution >= 0.6 is 11.3 Å². The summed E-state index contributed by atoms with van der Waals surface area (Å²) in [6.45, 7) is 3.72. The number of nitrogen functional groups attached to an aromatic ring is 1. The number of nitrogens with zero attached hydrogens (tertiary/aromatic N) is 1. The predicted molar refractivity (Wildman–Crippen MR) is 83.9 cm³/mol. The van der Waals surface area contributed by atoms with E-state index in [-0.39, 0.29) is 0 Å². The Balaban J connectivity index is 2.20. The second kappa shape index (κ2) is 4.58. The molecule has 1 unspecified atom stereocenters. The van der Waals surface area contributed by atoms with Crippen molar-refractivity contribution >= 4 is 27.2 Å². The number of rotatable bonds is 2. The molecule has 2 aromatic heterocycles. The van der Waals surface area contributed by atoms with Gasteiger partial charge in [0.25, 0.3) is 0 Å². The first-order valence-electron chi connectivity index (χ1n) is 6.43. The van der Waals surface area contributed by atoms with Crippen LogP contribution in [0.1, 0.15) is 22.9 Å². The van der Waals surface area contributed by atoms with E-state index in [0.717, 1.165) is 20.5 Å². The number of aliphatic hydroxyl groups is 1. The summed E-state index contributed by atoms with van der Waals surface area (Å²) in [5.41, 5.74) is 6.47. The Morgan fingerprint density at radius 1 is 1.25 bits per heavy atom. The summed E-state index contributed by atoms with van der Waals surface area (Å²) in [4.78, 5) is 4.98. The third-order valence-electron chi connectivity index (χ3n) is 3.58. The molecule has 0 radical (unpaired) electrons. The lowest BCUT2D eigenvalue weighted by Gasteiger charge is -2.25. The van der Waals surface area contributed by atoms with Gasteiger partial charge in [0, 0.05) is 21.3 Å². The van der Waals surface area contributed by atoms with E-state index >= 15 is 0 Å². The summed E-state index contributed by atoms with van der Waals surface area (Å²) < 4.78 is 1.16. The maximum absolute atomic E-state index is 11.0. The van der Waals surface area contributed by atoms with Crippen molar-refractivity contribution < 1.29 is 5.11 Å². The largest absolute Gasteiger partial charge is 0.383 e. The highest BCUT2D eigenvalue weighted by atomic mass is 32.1. The van der Waals surface area contributed by atoms with Crippen molar-refractivity contribution in [3.05, 3.63) is 58.6 Å². The van der Waals surface area contributed by atoms with Crippen molar-refractivity contribution in [2.24, 2.45) is 0 Å². The first kappa shape index (κ1) is 13.1. The zero-order valence-corrected chi connectivity index (χ0v) is 12.2. The Kier molecular flexibility index (Phi) is 3.00. The second-order valence-electron chi connectivity index (χ2n) is 5.11. The Bertz CT molecular complexity index is 724. The highest BCUT2D eigenvalue weighted by Crippen LogP contribution is 2.40. The number of aryl methyl sites for hydroxylation is 1. The SMILES string of the molecule is Cc1ccnc(N)c1C(C)(O)c1cc2ccccc2s1.